The number of carbonyl (C=O) groups excluding carboxylic acids is 1. The number of aromatic nitrogens is 2. The number of nitrogens with zero attached hydrogens (tertiary/aromatic N) is 4. The number of benzene rings is 1. The maximum absolute atomic E-state index is 12.9. The highest BCUT2D eigenvalue weighted by molar-refractivity contribution is 7.89. The number of rotatable bonds is 9. The Bertz CT molecular complexity index is 1000. The molecule has 1 aromatic heterocycles. The van der Waals surface area contributed by atoms with Gasteiger partial charge in [-0.1, -0.05) is 27.7 Å². The highest BCUT2D eigenvalue weighted by Gasteiger charge is 2.24. The van der Waals surface area contributed by atoms with Gasteiger partial charge in [0, 0.05) is 45.6 Å². The van der Waals surface area contributed by atoms with Crippen LogP contribution in [0.1, 0.15) is 59.2 Å². The molecule has 0 aliphatic carbocycles. The summed E-state index contributed by atoms with van der Waals surface area (Å²) in [6.45, 7) is 11.4. The van der Waals surface area contributed by atoms with Crippen LogP contribution in [0.5, 0.6) is 0 Å². The van der Waals surface area contributed by atoms with Crippen molar-refractivity contribution < 1.29 is 13.2 Å². The van der Waals surface area contributed by atoms with Gasteiger partial charge < -0.3 is 9.47 Å². The van der Waals surface area contributed by atoms with E-state index in [9.17, 15) is 13.2 Å². The van der Waals surface area contributed by atoms with E-state index in [1.807, 2.05) is 24.8 Å². The van der Waals surface area contributed by atoms with Crippen molar-refractivity contribution in [3.05, 3.63) is 24.0 Å². The third-order valence-electron chi connectivity index (χ3n) is 6.29. The zero-order chi connectivity index (χ0) is 22.6. The van der Waals surface area contributed by atoms with Crippen LogP contribution in [-0.4, -0.2) is 59.3 Å². The molecule has 172 valence electrons. The van der Waals surface area contributed by atoms with Crippen LogP contribution in [0.15, 0.2) is 23.1 Å². The zero-order valence-electron chi connectivity index (χ0n) is 19.3. The van der Waals surface area contributed by atoms with E-state index in [-0.39, 0.29) is 10.8 Å². The smallest absolute Gasteiger partial charge is 0.243 e. The van der Waals surface area contributed by atoms with Gasteiger partial charge in [-0.2, -0.15) is 4.31 Å². The molecule has 2 heterocycles. The van der Waals surface area contributed by atoms with Crippen LogP contribution in [-0.2, 0) is 27.8 Å². The monoisotopic (exact) mass is 448 g/mol. The summed E-state index contributed by atoms with van der Waals surface area (Å²) in [4.78, 5) is 19.7. The van der Waals surface area contributed by atoms with Gasteiger partial charge in [0.1, 0.15) is 5.82 Å². The Morgan fingerprint density at radius 2 is 1.84 bits per heavy atom. The summed E-state index contributed by atoms with van der Waals surface area (Å²) in [5.41, 5.74) is 1.60. The molecule has 3 rings (SSSR count). The van der Waals surface area contributed by atoms with Crippen molar-refractivity contribution in [3.8, 4) is 0 Å². The third-order valence-corrected chi connectivity index (χ3v) is 8.33. The Morgan fingerprint density at radius 1 is 1.16 bits per heavy atom. The Labute approximate surface area is 186 Å². The minimum absolute atomic E-state index is 0.187. The van der Waals surface area contributed by atoms with Gasteiger partial charge in [0.15, 0.2) is 0 Å². The number of sulfonamides is 1. The average molecular weight is 449 g/mol. The Kier molecular flexibility index (Phi) is 7.75. The van der Waals surface area contributed by atoms with Crippen LogP contribution >= 0.6 is 0 Å². The van der Waals surface area contributed by atoms with Gasteiger partial charge in [0.2, 0.25) is 15.9 Å². The second-order valence-electron chi connectivity index (χ2n) is 8.48. The van der Waals surface area contributed by atoms with E-state index in [4.69, 9.17) is 4.98 Å². The number of aryl methyl sites for hydroxylation is 2. The fourth-order valence-electron chi connectivity index (χ4n) is 4.33. The van der Waals surface area contributed by atoms with Crippen molar-refractivity contribution in [2.75, 3.05) is 26.2 Å². The Morgan fingerprint density at radius 3 is 2.45 bits per heavy atom. The molecule has 8 heteroatoms. The van der Waals surface area contributed by atoms with Crippen LogP contribution in [0.2, 0.25) is 0 Å². The second kappa shape index (κ2) is 10.1. The molecule has 0 unspecified atom stereocenters. The topological polar surface area (TPSA) is 75.5 Å². The molecule has 31 heavy (non-hydrogen) atoms. The lowest BCUT2D eigenvalue weighted by molar-refractivity contribution is -0.132. The number of likely N-dealkylation sites (tertiary alicyclic amines) is 1. The molecule has 0 spiro atoms. The fraction of sp³-hybridized carbons (Fsp3) is 0.652. The van der Waals surface area contributed by atoms with E-state index in [2.05, 4.69) is 18.4 Å². The molecule has 0 saturated carbocycles. The molecular weight excluding hydrogens is 412 g/mol. The number of carbonyl (C=O) groups is 1. The van der Waals surface area contributed by atoms with Gasteiger partial charge in [-0.25, -0.2) is 13.4 Å². The molecule has 2 aromatic rings. The molecule has 1 saturated heterocycles. The highest BCUT2D eigenvalue weighted by Crippen LogP contribution is 2.24. The largest absolute Gasteiger partial charge is 0.343 e. The summed E-state index contributed by atoms with van der Waals surface area (Å²) in [6, 6.07) is 5.20. The minimum atomic E-state index is -3.53. The first kappa shape index (κ1) is 23.7. The zero-order valence-corrected chi connectivity index (χ0v) is 20.1. The van der Waals surface area contributed by atoms with Crippen LogP contribution in [0, 0.1) is 5.92 Å². The predicted molar refractivity (Wildman–Crippen MR) is 123 cm³/mol. The molecule has 1 amide bonds. The lowest BCUT2D eigenvalue weighted by Gasteiger charge is -2.30. The lowest BCUT2D eigenvalue weighted by atomic mass is 9.99. The second-order valence-corrected chi connectivity index (χ2v) is 10.4. The van der Waals surface area contributed by atoms with Crippen LogP contribution in [0.25, 0.3) is 11.0 Å². The van der Waals surface area contributed by atoms with Crippen molar-refractivity contribution >= 4 is 27.0 Å². The van der Waals surface area contributed by atoms with Gasteiger partial charge in [-0.3, -0.25) is 4.79 Å². The SMILES string of the molecule is CCCn1c(CCC(=O)N2CCC(C)CC2)nc2cc(S(=O)(=O)N(CC)CC)ccc21. The number of piperidine rings is 1. The highest BCUT2D eigenvalue weighted by atomic mass is 32.2. The number of fused-ring (bicyclic) bond motifs is 1. The molecule has 1 fully saturated rings. The van der Waals surface area contributed by atoms with Gasteiger partial charge in [0.05, 0.1) is 15.9 Å². The minimum Gasteiger partial charge on any atom is -0.343 e. The molecule has 1 aromatic carbocycles. The van der Waals surface area contributed by atoms with Crippen molar-refractivity contribution in [2.24, 2.45) is 5.92 Å². The average Bonchev–Trinajstić information content (AvgIpc) is 3.10. The van der Waals surface area contributed by atoms with Crippen LogP contribution in [0.3, 0.4) is 0 Å². The van der Waals surface area contributed by atoms with E-state index >= 15 is 0 Å². The third kappa shape index (κ3) is 5.12. The van der Waals surface area contributed by atoms with Crippen LogP contribution in [0.4, 0.5) is 0 Å². The number of hydrogen-bond donors (Lipinski definition) is 0. The summed E-state index contributed by atoms with van der Waals surface area (Å²) in [7, 11) is -3.53. The number of hydrogen-bond acceptors (Lipinski definition) is 4. The lowest BCUT2D eigenvalue weighted by Crippen LogP contribution is -2.38. The predicted octanol–water partition coefficient (Wildman–Crippen LogP) is 3.67. The Balaban J connectivity index is 1.84. The Hall–Kier alpha value is -1.93. The first-order valence-corrected chi connectivity index (χ1v) is 13.0. The maximum Gasteiger partial charge on any atom is 0.243 e. The summed E-state index contributed by atoms with van der Waals surface area (Å²) < 4.78 is 29.4. The first-order valence-electron chi connectivity index (χ1n) is 11.6. The van der Waals surface area contributed by atoms with Gasteiger partial charge in [0.25, 0.3) is 0 Å². The number of amides is 1. The summed E-state index contributed by atoms with van der Waals surface area (Å²) >= 11 is 0. The molecular formula is C23H36N4O3S. The molecule has 0 radical (unpaired) electrons. The van der Waals surface area contributed by atoms with Gasteiger partial charge in [-0.05, 0) is 43.4 Å². The summed E-state index contributed by atoms with van der Waals surface area (Å²) in [5, 5.41) is 0. The molecule has 1 aliphatic rings. The van der Waals surface area contributed by atoms with E-state index in [1.165, 1.54) is 4.31 Å². The fourth-order valence-corrected chi connectivity index (χ4v) is 5.81. The molecule has 0 N–H and O–H groups in total. The summed E-state index contributed by atoms with van der Waals surface area (Å²) in [5.74, 6) is 1.74. The maximum atomic E-state index is 12.9. The molecule has 0 atom stereocenters. The molecule has 1 aliphatic heterocycles. The van der Waals surface area contributed by atoms with E-state index in [0.29, 0.717) is 37.4 Å². The van der Waals surface area contributed by atoms with E-state index in [0.717, 1.165) is 50.2 Å². The van der Waals surface area contributed by atoms with E-state index in [1.54, 1.807) is 12.1 Å². The molecule has 7 nitrogen and oxygen atoms in total. The quantitative estimate of drug-likeness (QED) is 0.587. The van der Waals surface area contributed by atoms with E-state index < -0.39 is 10.0 Å². The number of imidazole rings is 1. The normalized spacial score (nSPS) is 15.8. The van der Waals surface area contributed by atoms with Gasteiger partial charge in [-0.15, -0.1) is 0 Å². The van der Waals surface area contributed by atoms with Gasteiger partial charge >= 0.3 is 0 Å². The first-order chi connectivity index (χ1) is 14.8. The van der Waals surface area contributed by atoms with Crippen molar-refractivity contribution in [1.82, 2.24) is 18.8 Å². The van der Waals surface area contributed by atoms with Crippen molar-refractivity contribution in [3.63, 3.8) is 0 Å². The van der Waals surface area contributed by atoms with Crippen molar-refractivity contribution in [2.45, 2.75) is 71.2 Å². The van der Waals surface area contributed by atoms with Crippen LogP contribution < -0.4 is 0 Å². The molecule has 0 bridgehead atoms. The standard InChI is InChI=1S/C23H36N4O3S/c1-5-14-27-21-9-8-19(31(29,30)26(6-2)7-3)17-20(21)24-22(27)10-11-23(28)25-15-12-18(4)13-16-25/h8-9,17-18H,5-7,10-16H2,1-4H3. The van der Waals surface area contributed by atoms with Crippen molar-refractivity contribution in [1.29, 1.82) is 0 Å². The summed E-state index contributed by atoms with van der Waals surface area (Å²) in [6.07, 6.45) is 4.09.